The van der Waals surface area contributed by atoms with Gasteiger partial charge < -0.3 is 20.3 Å². The van der Waals surface area contributed by atoms with Gasteiger partial charge in [-0.1, -0.05) is 35.3 Å². The van der Waals surface area contributed by atoms with Crippen molar-refractivity contribution in [3.8, 4) is 0 Å². The highest BCUT2D eigenvalue weighted by Crippen LogP contribution is 2.35. The normalized spacial score (nSPS) is 19.2. The van der Waals surface area contributed by atoms with Gasteiger partial charge in [-0.3, -0.25) is 15.3 Å². The molecule has 0 aliphatic carbocycles. The summed E-state index contributed by atoms with van der Waals surface area (Å²) in [6, 6.07) is 11.7. The van der Waals surface area contributed by atoms with Crippen LogP contribution in [0.5, 0.6) is 0 Å². The van der Waals surface area contributed by atoms with Crippen molar-refractivity contribution >= 4 is 40.8 Å². The van der Waals surface area contributed by atoms with E-state index in [4.69, 9.17) is 38.3 Å². The Morgan fingerprint density at radius 1 is 1.20 bits per heavy atom. The van der Waals surface area contributed by atoms with E-state index in [1.807, 2.05) is 18.2 Å². The van der Waals surface area contributed by atoms with Crippen molar-refractivity contribution in [3.63, 3.8) is 0 Å². The number of ether oxygens (including phenoxy) is 1. The number of nitrogens with one attached hydrogen (secondary N) is 2. The summed E-state index contributed by atoms with van der Waals surface area (Å²) in [4.78, 5) is 18.4. The van der Waals surface area contributed by atoms with Crippen LogP contribution in [0.4, 0.5) is 18.0 Å². The molecule has 2 aliphatic heterocycles. The number of alkyl halides is 3. The van der Waals surface area contributed by atoms with E-state index in [2.05, 4.69) is 5.32 Å². The van der Waals surface area contributed by atoms with Crippen LogP contribution in [-0.4, -0.2) is 76.8 Å². The number of aliphatic imine (C=N–C) groups is 1. The third kappa shape index (κ3) is 7.79. The van der Waals surface area contributed by atoms with E-state index in [1.165, 1.54) is 24.3 Å². The molecule has 0 spiro atoms. The van der Waals surface area contributed by atoms with Crippen molar-refractivity contribution in [2.24, 2.45) is 4.99 Å². The average Bonchev–Trinajstić information content (AvgIpc) is 3.29. The number of hydrogen-bond acceptors (Lipinski definition) is 6. The van der Waals surface area contributed by atoms with Crippen molar-refractivity contribution in [1.82, 2.24) is 10.2 Å². The second-order valence-electron chi connectivity index (χ2n) is 9.75. The molecule has 0 radical (unpaired) electrons. The van der Waals surface area contributed by atoms with E-state index >= 15 is 0 Å². The van der Waals surface area contributed by atoms with Crippen LogP contribution < -0.4 is 5.32 Å². The molecule has 2 aromatic carbocycles. The molecule has 3 atom stereocenters. The number of rotatable bonds is 9. The van der Waals surface area contributed by atoms with Gasteiger partial charge in [0, 0.05) is 21.2 Å². The minimum Gasteiger partial charge on any atom is -0.490 e. The van der Waals surface area contributed by atoms with Gasteiger partial charge in [0.05, 0.1) is 25.4 Å². The molecule has 0 saturated carbocycles. The molecule has 2 unspecified atom stereocenters. The highest BCUT2D eigenvalue weighted by molar-refractivity contribution is 6.31. The largest absolute Gasteiger partial charge is 0.490 e. The summed E-state index contributed by atoms with van der Waals surface area (Å²) in [6.07, 6.45) is -5.95. The smallest absolute Gasteiger partial charge is 0.416 e. The first kappa shape index (κ1) is 30.8. The first-order valence-electron chi connectivity index (χ1n) is 12.9. The second kappa shape index (κ2) is 13.2. The third-order valence-electron chi connectivity index (χ3n) is 6.84. The summed E-state index contributed by atoms with van der Waals surface area (Å²) >= 11 is 12.0. The minimum atomic E-state index is -4.99. The maximum atomic E-state index is 13.2. The van der Waals surface area contributed by atoms with Crippen LogP contribution in [-0.2, 0) is 11.2 Å². The zero-order valence-electron chi connectivity index (χ0n) is 21.8. The van der Waals surface area contributed by atoms with Crippen molar-refractivity contribution in [3.05, 3.63) is 81.0 Å². The SMILES string of the molecule is N=C(c1ccc(Cl)cc1)N(C[C@H](O)C(F)(F)F)C(=O)NCC1=NC(CCc2cccc(Cl)c2)C2=C1CCC(CO)O2. The van der Waals surface area contributed by atoms with Gasteiger partial charge in [-0.05, 0) is 67.6 Å². The lowest BCUT2D eigenvalue weighted by atomic mass is 9.96. The number of amidine groups is 1. The molecule has 220 valence electrons. The number of benzene rings is 2. The molecule has 4 N–H and O–H groups in total. The van der Waals surface area contributed by atoms with Crippen LogP contribution in [0.25, 0.3) is 0 Å². The quantitative estimate of drug-likeness (QED) is 0.232. The van der Waals surface area contributed by atoms with Gasteiger partial charge in [-0.15, -0.1) is 0 Å². The highest BCUT2D eigenvalue weighted by Gasteiger charge is 2.41. The van der Waals surface area contributed by atoms with Crippen LogP contribution in [0.2, 0.25) is 10.0 Å². The number of carbonyl (C=O) groups excluding carboxylic acids is 1. The van der Waals surface area contributed by atoms with Crippen LogP contribution in [0, 0.1) is 5.41 Å². The van der Waals surface area contributed by atoms with E-state index in [0.29, 0.717) is 52.1 Å². The molecule has 0 fully saturated rings. The minimum absolute atomic E-state index is 0.134. The van der Waals surface area contributed by atoms with E-state index in [1.54, 1.807) is 6.07 Å². The molecule has 2 heterocycles. The lowest BCUT2D eigenvalue weighted by molar-refractivity contribution is -0.204. The Hall–Kier alpha value is -3.12. The van der Waals surface area contributed by atoms with E-state index < -0.39 is 30.7 Å². The van der Waals surface area contributed by atoms with Gasteiger partial charge in [-0.2, -0.15) is 13.2 Å². The summed E-state index contributed by atoms with van der Waals surface area (Å²) in [5.74, 6) is 0.0711. The molecule has 13 heteroatoms. The van der Waals surface area contributed by atoms with Crippen LogP contribution in [0.1, 0.15) is 30.4 Å². The first-order valence-corrected chi connectivity index (χ1v) is 13.7. The predicted octanol–water partition coefficient (Wildman–Crippen LogP) is 5.13. The summed E-state index contributed by atoms with van der Waals surface area (Å²) in [6.45, 7) is -1.47. The Morgan fingerprint density at radius 3 is 2.59 bits per heavy atom. The molecule has 2 amide bonds. The number of hydrogen-bond donors (Lipinski definition) is 4. The number of aryl methyl sites for hydroxylation is 1. The van der Waals surface area contributed by atoms with Crippen LogP contribution >= 0.6 is 23.2 Å². The monoisotopic (exact) mass is 612 g/mol. The lowest BCUT2D eigenvalue weighted by Crippen LogP contribution is -2.51. The fourth-order valence-corrected chi connectivity index (χ4v) is 5.01. The lowest BCUT2D eigenvalue weighted by Gasteiger charge is -2.28. The predicted molar refractivity (Wildman–Crippen MR) is 150 cm³/mol. The summed E-state index contributed by atoms with van der Waals surface area (Å²) < 4.78 is 45.5. The van der Waals surface area contributed by atoms with Crippen LogP contribution in [0.3, 0.4) is 0 Å². The fourth-order valence-electron chi connectivity index (χ4n) is 4.67. The highest BCUT2D eigenvalue weighted by atomic mass is 35.5. The Balaban J connectivity index is 1.51. The summed E-state index contributed by atoms with van der Waals surface area (Å²) in [5.41, 5.74) is 2.43. The van der Waals surface area contributed by atoms with Crippen molar-refractivity contribution < 1.29 is 32.9 Å². The number of nitrogens with zero attached hydrogens (tertiary/aromatic N) is 2. The zero-order chi connectivity index (χ0) is 29.7. The number of aliphatic hydroxyl groups excluding tert-OH is 2. The maximum absolute atomic E-state index is 13.2. The number of urea groups is 1. The van der Waals surface area contributed by atoms with Crippen molar-refractivity contribution in [2.45, 2.75) is 50.1 Å². The molecular weight excluding hydrogens is 584 g/mol. The molecule has 2 aliphatic rings. The third-order valence-corrected chi connectivity index (χ3v) is 7.33. The Bertz CT molecular complexity index is 1330. The van der Waals surface area contributed by atoms with Crippen LogP contribution in [0.15, 0.2) is 64.9 Å². The molecule has 8 nitrogen and oxygen atoms in total. The molecule has 41 heavy (non-hydrogen) atoms. The fraction of sp³-hybridized carbons (Fsp3) is 0.393. The van der Waals surface area contributed by atoms with E-state index in [9.17, 15) is 28.2 Å². The Morgan fingerprint density at radius 2 is 1.93 bits per heavy atom. The molecular formula is C28H29Cl2F3N4O4. The van der Waals surface area contributed by atoms with Crippen molar-refractivity contribution in [2.75, 3.05) is 19.7 Å². The molecule has 0 aromatic heterocycles. The number of aliphatic hydroxyl groups is 2. The molecule has 2 aromatic rings. The van der Waals surface area contributed by atoms with Gasteiger partial charge in [0.15, 0.2) is 6.10 Å². The van der Waals surface area contributed by atoms with Gasteiger partial charge >= 0.3 is 12.2 Å². The molecule has 0 saturated heterocycles. The van der Waals surface area contributed by atoms with Gasteiger partial charge in [-0.25, -0.2) is 4.79 Å². The summed E-state index contributed by atoms with van der Waals surface area (Å²) in [7, 11) is 0. The number of halogens is 5. The standard InChI is InChI=1S/C28H29Cl2F3N4O4/c29-18-7-5-17(6-8-18)26(34)37(14-24(39)28(31,32)33)27(40)35-13-23-21-10-9-20(15-38)41-25(21)22(36-23)11-4-16-2-1-3-19(30)12-16/h1-3,5-8,12,20,22,24,34,38-39H,4,9-11,13-15H2,(H,35,40)/t20?,22?,24-/m0/s1. The summed E-state index contributed by atoms with van der Waals surface area (Å²) in [5, 5.41) is 31.2. The topological polar surface area (TPSA) is 118 Å². The maximum Gasteiger partial charge on any atom is 0.416 e. The van der Waals surface area contributed by atoms with E-state index in [-0.39, 0.29) is 30.9 Å². The molecule has 0 bridgehead atoms. The first-order chi connectivity index (χ1) is 19.5. The van der Waals surface area contributed by atoms with Crippen molar-refractivity contribution in [1.29, 1.82) is 5.41 Å². The Kier molecular flexibility index (Phi) is 9.96. The Labute approximate surface area is 244 Å². The zero-order valence-corrected chi connectivity index (χ0v) is 23.3. The number of amides is 2. The van der Waals surface area contributed by atoms with Gasteiger partial charge in [0.2, 0.25) is 0 Å². The second-order valence-corrected chi connectivity index (χ2v) is 10.6. The van der Waals surface area contributed by atoms with E-state index in [0.717, 1.165) is 11.1 Å². The van der Waals surface area contributed by atoms with Gasteiger partial charge in [0.25, 0.3) is 0 Å². The molecule has 4 rings (SSSR count). The van der Waals surface area contributed by atoms with Gasteiger partial charge in [0.1, 0.15) is 23.7 Å². The average molecular weight is 613 g/mol. The number of carbonyl (C=O) groups is 1.